The lowest BCUT2D eigenvalue weighted by atomic mass is 10.2. The first-order valence-corrected chi connectivity index (χ1v) is 7.04. The summed E-state index contributed by atoms with van der Waals surface area (Å²) in [6, 6.07) is 5.43. The highest BCUT2D eigenvalue weighted by atomic mass is 32.2. The third kappa shape index (κ3) is 4.61. The number of thioether (sulfide) groups is 1. The second-order valence-corrected chi connectivity index (χ2v) is 5.29. The number of hydrogen-bond acceptors (Lipinski definition) is 4. The molecule has 1 aromatic carbocycles. The molecule has 0 aliphatic heterocycles. The molecule has 18 heavy (non-hydrogen) atoms. The average molecular weight is 268 g/mol. The zero-order chi connectivity index (χ0) is 13.5. The van der Waals surface area contributed by atoms with Crippen molar-refractivity contribution in [2.45, 2.75) is 32.1 Å². The van der Waals surface area contributed by atoms with E-state index in [1.807, 2.05) is 12.1 Å². The Morgan fingerprint density at radius 2 is 2.17 bits per heavy atom. The van der Waals surface area contributed by atoms with Crippen molar-refractivity contribution in [2.24, 2.45) is 5.92 Å². The van der Waals surface area contributed by atoms with Crippen molar-refractivity contribution >= 4 is 17.7 Å². The van der Waals surface area contributed by atoms with Gasteiger partial charge in [-0.3, -0.25) is 4.79 Å². The van der Waals surface area contributed by atoms with Crippen molar-refractivity contribution in [1.82, 2.24) is 0 Å². The summed E-state index contributed by atoms with van der Waals surface area (Å²) in [6.45, 7) is 5.79. The van der Waals surface area contributed by atoms with E-state index in [-0.39, 0.29) is 5.97 Å². The fourth-order valence-corrected chi connectivity index (χ4v) is 2.54. The third-order valence-electron chi connectivity index (χ3n) is 2.62. The van der Waals surface area contributed by atoms with Crippen LogP contribution in [0.4, 0.5) is 0 Å². The van der Waals surface area contributed by atoms with E-state index >= 15 is 0 Å². The highest BCUT2D eigenvalue weighted by molar-refractivity contribution is 7.99. The summed E-state index contributed by atoms with van der Waals surface area (Å²) in [5.41, 5.74) is 0. The summed E-state index contributed by atoms with van der Waals surface area (Å²) in [5, 5.41) is 0. The lowest BCUT2D eigenvalue weighted by molar-refractivity contribution is -0.131. The minimum atomic E-state index is -0.307. The van der Waals surface area contributed by atoms with E-state index in [9.17, 15) is 4.79 Å². The second kappa shape index (κ2) is 7.31. The molecule has 100 valence electrons. The highest BCUT2D eigenvalue weighted by Gasteiger charge is 2.09. The van der Waals surface area contributed by atoms with Crippen molar-refractivity contribution in [2.75, 3.05) is 12.9 Å². The van der Waals surface area contributed by atoms with Crippen molar-refractivity contribution in [3.63, 3.8) is 0 Å². The largest absolute Gasteiger partial charge is 0.496 e. The van der Waals surface area contributed by atoms with Crippen LogP contribution in [-0.2, 0) is 4.79 Å². The SMILES string of the molecule is CCC(C)CSc1cc(OC(C)=O)ccc1OC. The Bertz CT molecular complexity index is 404. The molecule has 0 aliphatic rings. The van der Waals surface area contributed by atoms with E-state index in [1.165, 1.54) is 6.92 Å². The molecule has 3 nitrogen and oxygen atoms in total. The smallest absolute Gasteiger partial charge is 0.308 e. The minimum Gasteiger partial charge on any atom is -0.496 e. The van der Waals surface area contributed by atoms with Gasteiger partial charge in [0.2, 0.25) is 0 Å². The summed E-state index contributed by atoms with van der Waals surface area (Å²) in [5.74, 6) is 2.75. The first kappa shape index (κ1) is 14.9. The van der Waals surface area contributed by atoms with Gasteiger partial charge < -0.3 is 9.47 Å². The summed E-state index contributed by atoms with van der Waals surface area (Å²) in [7, 11) is 1.65. The Morgan fingerprint density at radius 1 is 1.44 bits per heavy atom. The molecule has 0 spiro atoms. The molecule has 0 aliphatic carbocycles. The highest BCUT2D eigenvalue weighted by Crippen LogP contribution is 2.34. The third-order valence-corrected chi connectivity index (χ3v) is 3.98. The molecule has 0 aromatic heterocycles. The van der Waals surface area contributed by atoms with E-state index < -0.39 is 0 Å². The van der Waals surface area contributed by atoms with E-state index in [2.05, 4.69) is 13.8 Å². The lowest BCUT2D eigenvalue weighted by Crippen LogP contribution is -2.02. The van der Waals surface area contributed by atoms with Crippen LogP contribution in [0.1, 0.15) is 27.2 Å². The normalized spacial score (nSPS) is 12.0. The van der Waals surface area contributed by atoms with Crippen LogP contribution in [0.25, 0.3) is 0 Å². The molecular weight excluding hydrogens is 248 g/mol. The maximum atomic E-state index is 10.9. The monoisotopic (exact) mass is 268 g/mol. The molecule has 0 heterocycles. The quantitative estimate of drug-likeness (QED) is 0.447. The number of rotatable bonds is 6. The number of esters is 1. The van der Waals surface area contributed by atoms with Gasteiger partial charge in [-0.05, 0) is 24.1 Å². The number of carbonyl (C=O) groups excluding carboxylic acids is 1. The zero-order valence-corrected chi connectivity index (χ0v) is 12.2. The molecule has 1 aromatic rings. The standard InChI is InChI=1S/C14H20O3S/c1-5-10(2)9-18-14-8-12(17-11(3)15)6-7-13(14)16-4/h6-8,10H,5,9H2,1-4H3. The van der Waals surface area contributed by atoms with Gasteiger partial charge in [-0.25, -0.2) is 0 Å². The first-order valence-electron chi connectivity index (χ1n) is 6.06. The van der Waals surface area contributed by atoms with Gasteiger partial charge in [-0.15, -0.1) is 11.8 Å². The van der Waals surface area contributed by atoms with Gasteiger partial charge in [0.15, 0.2) is 0 Å². The summed E-state index contributed by atoms with van der Waals surface area (Å²) >= 11 is 1.73. The fraction of sp³-hybridized carbons (Fsp3) is 0.500. The lowest BCUT2D eigenvalue weighted by Gasteiger charge is -2.12. The van der Waals surface area contributed by atoms with E-state index in [4.69, 9.17) is 9.47 Å². The predicted octanol–water partition coefficient (Wildman–Crippen LogP) is 3.76. The Morgan fingerprint density at radius 3 is 2.72 bits per heavy atom. The van der Waals surface area contributed by atoms with Crippen LogP contribution in [0.15, 0.2) is 23.1 Å². The number of methoxy groups -OCH3 is 1. The maximum Gasteiger partial charge on any atom is 0.308 e. The zero-order valence-electron chi connectivity index (χ0n) is 11.4. The molecule has 1 atom stereocenters. The number of ether oxygens (including phenoxy) is 2. The molecule has 0 N–H and O–H groups in total. The molecule has 1 unspecified atom stereocenters. The van der Waals surface area contributed by atoms with Gasteiger partial charge >= 0.3 is 5.97 Å². The molecule has 0 saturated heterocycles. The van der Waals surface area contributed by atoms with E-state index in [0.717, 1.165) is 22.8 Å². The first-order chi connectivity index (χ1) is 8.56. The minimum absolute atomic E-state index is 0.307. The Balaban J connectivity index is 2.81. The van der Waals surface area contributed by atoms with E-state index in [0.29, 0.717) is 11.7 Å². The topological polar surface area (TPSA) is 35.5 Å². The molecular formula is C14H20O3S. The van der Waals surface area contributed by atoms with Crippen LogP contribution in [0.5, 0.6) is 11.5 Å². The maximum absolute atomic E-state index is 10.9. The van der Waals surface area contributed by atoms with Crippen molar-refractivity contribution < 1.29 is 14.3 Å². The molecule has 1 rings (SSSR count). The molecule has 4 heteroatoms. The number of benzene rings is 1. The predicted molar refractivity (Wildman–Crippen MR) is 74.5 cm³/mol. The summed E-state index contributed by atoms with van der Waals surface area (Å²) < 4.78 is 10.4. The van der Waals surface area contributed by atoms with Gasteiger partial charge in [0.25, 0.3) is 0 Å². The number of hydrogen-bond donors (Lipinski definition) is 0. The summed E-state index contributed by atoms with van der Waals surface area (Å²) in [6.07, 6.45) is 1.15. The van der Waals surface area contributed by atoms with Crippen molar-refractivity contribution in [3.05, 3.63) is 18.2 Å². The van der Waals surface area contributed by atoms with Gasteiger partial charge in [0.1, 0.15) is 11.5 Å². The van der Waals surface area contributed by atoms with Crippen molar-refractivity contribution in [3.8, 4) is 11.5 Å². The van der Waals surface area contributed by atoms with Crippen LogP contribution in [0.2, 0.25) is 0 Å². The summed E-state index contributed by atoms with van der Waals surface area (Å²) in [4.78, 5) is 11.9. The van der Waals surface area contributed by atoms with Crippen molar-refractivity contribution in [1.29, 1.82) is 0 Å². The van der Waals surface area contributed by atoms with Crippen LogP contribution in [0.3, 0.4) is 0 Å². The van der Waals surface area contributed by atoms with Gasteiger partial charge in [0, 0.05) is 12.7 Å². The average Bonchev–Trinajstić information content (AvgIpc) is 2.35. The van der Waals surface area contributed by atoms with Crippen LogP contribution in [0, 0.1) is 5.92 Å². The second-order valence-electron chi connectivity index (χ2n) is 4.23. The molecule has 0 bridgehead atoms. The van der Waals surface area contributed by atoms with Crippen LogP contribution >= 0.6 is 11.8 Å². The fourth-order valence-electron chi connectivity index (χ4n) is 1.35. The molecule has 0 fully saturated rings. The Hall–Kier alpha value is -1.16. The van der Waals surface area contributed by atoms with Gasteiger partial charge in [0.05, 0.1) is 12.0 Å². The Labute approximate surface area is 113 Å². The van der Waals surface area contributed by atoms with Crippen LogP contribution < -0.4 is 9.47 Å². The Kier molecular flexibility index (Phi) is 6.05. The van der Waals surface area contributed by atoms with E-state index in [1.54, 1.807) is 24.9 Å². The number of carbonyl (C=O) groups is 1. The van der Waals surface area contributed by atoms with Gasteiger partial charge in [-0.1, -0.05) is 20.3 Å². The molecule has 0 amide bonds. The van der Waals surface area contributed by atoms with Gasteiger partial charge in [-0.2, -0.15) is 0 Å². The molecule has 0 radical (unpaired) electrons. The van der Waals surface area contributed by atoms with Crippen LogP contribution in [-0.4, -0.2) is 18.8 Å². The molecule has 0 saturated carbocycles.